The summed E-state index contributed by atoms with van der Waals surface area (Å²) in [5.74, 6) is 0. The minimum Gasteiger partial charge on any atom is -0.447 e. The van der Waals surface area contributed by atoms with E-state index < -0.39 is 5.54 Å². The fourth-order valence-electron chi connectivity index (χ4n) is 1.54. The maximum Gasteiger partial charge on any atom is 0.408 e. The molecular weight excluding hydrogens is 180 g/mol. The largest absolute Gasteiger partial charge is 0.447 e. The van der Waals surface area contributed by atoms with Gasteiger partial charge in [-0.15, -0.1) is 0 Å². The van der Waals surface area contributed by atoms with Gasteiger partial charge in [-0.2, -0.15) is 0 Å². The highest BCUT2D eigenvalue weighted by molar-refractivity contribution is 5.71. The first-order valence-electron chi connectivity index (χ1n) is 4.41. The summed E-state index contributed by atoms with van der Waals surface area (Å²) in [5.41, 5.74) is 6.86. The van der Waals surface area contributed by atoms with Crippen molar-refractivity contribution >= 4 is 11.8 Å². The minimum atomic E-state index is -0.452. The Labute approximate surface area is 82.1 Å². The number of carbonyl (C=O) groups excluding carboxylic acids is 1. The monoisotopic (exact) mass is 192 g/mol. The summed E-state index contributed by atoms with van der Waals surface area (Å²) in [6, 6.07) is 7.44. The Morgan fingerprint density at radius 3 is 2.93 bits per heavy atom. The molecule has 2 rings (SSSR count). The highest BCUT2D eigenvalue weighted by Gasteiger charge is 2.36. The average molecular weight is 192 g/mol. The number of anilines is 1. The van der Waals surface area contributed by atoms with Gasteiger partial charge < -0.3 is 15.8 Å². The molecule has 1 amide bonds. The molecule has 0 aliphatic carbocycles. The maximum absolute atomic E-state index is 11.0. The summed E-state index contributed by atoms with van der Waals surface area (Å²) in [6.07, 6.45) is -0.380. The summed E-state index contributed by atoms with van der Waals surface area (Å²) in [6.45, 7) is 2.25. The van der Waals surface area contributed by atoms with Crippen LogP contribution in [0.15, 0.2) is 24.3 Å². The van der Waals surface area contributed by atoms with Crippen LogP contribution in [0.5, 0.6) is 0 Å². The second kappa shape index (κ2) is 2.90. The number of nitrogens with one attached hydrogen (secondary N) is 1. The van der Waals surface area contributed by atoms with Crippen LogP contribution in [-0.4, -0.2) is 12.7 Å². The third-order valence-corrected chi connectivity index (χ3v) is 2.39. The molecule has 4 nitrogen and oxygen atoms in total. The first-order chi connectivity index (χ1) is 6.60. The van der Waals surface area contributed by atoms with Gasteiger partial charge in [0.15, 0.2) is 0 Å². The second-order valence-electron chi connectivity index (χ2n) is 3.66. The summed E-state index contributed by atoms with van der Waals surface area (Å²) in [5, 5.41) is 2.76. The van der Waals surface area contributed by atoms with E-state index in [9.17, 15) is 4.79 Å². The molecule has 0 aromatic heterocycles. The topological polar surface area (TPSA) is 64.3 Å². The quantitative estimate of drug-likeness (QED) is 0.657. The third-order valence-electron chi connectivity index (χ3n) is 2.39. The number of hydrogen-bond donors (Lipinski definition) is 2. The van der Waals surface area contributed by atoms with Crippen LogP contribution in [0.4, 0.5) is 10.5 Å². The number of nitrogens with two attached hydrogens (primary N) is 1. The zero-order chi connectivity index (χ0) is 10.2. The summed E-state index contributed by atoms with van der Waals surface area (Å²) in [4.78, 5) is 11.0. The van der Waals surface area contributed by atoms with Crippen molar-refractivity contribution in [3.8, 4) is 0 Å². The molecule has 1 heterocycles. The first-order valence-corrected chi connectivity index (χ1v) is 4.41. The van der Waals surface area contributed by atoms with E-state index in [-0.39, 0.29) is 6.09 Å². The van der Waals surface area contributed by atoms with Gasteiger partial charge in [-0.25, -0.2) is 4.79 Å². The van der Waals surface area contributed by atoms with Gasteiger partial charge in [-0.05, 0) is 24.6 Å². The number of alkyl carbamates (subject to hydrolysis) is 1. The summed E-state index contributed by atoms with van der Waals surface area (Å²) >= 11 is 0. The molecule has 1 aromatic carbocycles. The Hall–Kier alpha value is -1.71. The normalized spacial score (nSPS) is 25.6. The smallest absolute Gasteiger partial charge is 0.408 e. The molecule has 0 spiro atoms. The Morgan fingerprint density at radius 1 is 1.57 bits per heavy atom. The molecule has 1 saturated heterocycles. The van der Waals surface area contributed by atoms with Crippen LogP contribution in [0.25, 0.3) is 0 Å². The average Bonchev–Trinajstić information content (AvgIpc) is 2.48. The van der Waals surface area contributed by atoms with Gasteiger partial charge in [0, 0.05) is 5.69 Å². The number of nitrogen functional groups attached to an aromatic ring is 1. The van der Waals surface area contributed by atoms with Gasteiger partial charge in [0.2, 0.25) is 0 Å². The van der Waals surface area contributed by atoms with Crippen molar-refractivity contribution in [1.82, 2.24) is 5.32 Å². The highest BCUT2D eigenvalue weighted by Crippen LogP contribution is 2.26. The predicted octanol–water partition coefficient (Wildman–Crippen LogP) is 1.22. The molecule has 3 N–H and O–H groups in total. The number of amides is 1. The van der Waals surface area contributed by atoms with E-state index in [2.05, 4.69) is 5.32 Å². The Morgan fingerprint density at radius 2 is 2.36 bits per heavy atom. The first kappa shape index (κ1) is 8.87. The van der Waals surface area contributed by atoms with Gasteiger partial charge in [0.1, 0.15) is 6.61 Å². The van der Waals surface area contributed by atoms with Crippen LogP contribution < -0.4 is 11.1 Å². The van der Waals surface area contributed by atoms with E-state index in [1.54, 1.807) is 0 Å². The molecule has 4 heteroatoms. The van der Waals surface area contributed by atoms with Crippen molar-refractivity contribution in [2.45, 2.75) is 12.5 Å². The molecule has 0 radical (unpaired) electrons. The number of hydrogen-bond acceptors (Lipinski definition) is 3. The van der Waals surface area contributed by atoms with Crippen LogP contribution in [0.3, 0.4) is 0 Å². The van der Waals surface area contributed by atoms with Crippen LogP contribution in [0.2, 0.25) is 0 Å². The van der Waals surface area contributed by atoms with Crippen LogP contribution in [0.1, 0.15) is 12.5 Å². The van der Waals surface area contributed by atoms with E-state index in [4.69, 9.17) is 10.5 Å². The van der Waals surface area contributed by atoms with Gasteiger partial charge in [-0.1, -0.05) is 12.1 Å². The van der Waals surface area contributed by atoms with Crippen molar-refractivity contribution in [3.63, 3.8) is 0 Å². The predicted molar refractivity (Wildman–Crippen MR) is 52.7 cm³/mol. The number of rotatable bonds is 1. The van der Waals surface area contributed by atoms with Gasteiger partial charge >= 0.3 is 6.09 Å². The van der Waals surface area contributed by atoms with E-state index in [0.29, 0.717) is 12.3 Å². The van der Waals surface area contributed by atoms with Crippen molar-refractivity contribution in [2.75, 3.05) is 12.3 Å². The fraction of sp³-hybridized carbons (Fsp3) is 0.300. The van der Waals surface area contributed by atoms with E-state index in [0.717, 1.165) is 5.56 Å². The van der Waals surface area contributed by atoms with E-state index in [1.807, 2.05) is 31.2 Å². The molecule has 0 saturated carbocycles. The molecular formula is C10H12N2O2. The van der Waals surface area contributed by atoms with Crippen molar-refractivity contribution in [1.29, 1.82) is 0 Å². The molecule has 0 bridgehead atoms. The fourth-order valence-corrected chi connectivity index (χ4v) is 1.54. The Bertz CT molecular complexity index is 378. The van der Waals surface area contributed by atoms with Crippen molar-refractivity contribution < 1.29 is 9.53 Å². The van der Waals surface area contributed by atoms with Crippen molar-refractivity contribution in [2.24, 2.45) is 0 Å². The molecule has 1 aliphatic heterocycles. The molecule has 1 fully saturated rings. The van der Waals surface area contributed by atoms with Gasteiger partial charge in [0.25, 0.3) is 0 Å². The minimum absolute atomic E-state index is 0.343. The molecule has 14 heavy (non-hydrogen) atoms. The lowest BCUT2D eigenvalue weighted by atomic mass is 9.93. The van der Waals surface area contributed by atoms with E-state index in [1.165, 1.54) is 0 Å². The molecule has 0 unspecified atom stereocenters. The number of carbonyl (C=O) groups is 1. The highest BCUT2D eigenvalue weighted by atomic mass is 16.6. The Kier molecular flexibility index (Phi) is 1.84. The SMILES string of the molecule is C[C@]1(c2cccc(N)c2)COC(=O)N1. The summed E-state index contributed by atoms with van der Waals surface area (Å²) < 4.78 is 4.87. The lowest BCUT2D eigenvalue weighted by molar-refractivity contribution is 0.173. The molecule has 1 atom stereocenters. The van der Waals surface area contributed by atoms with Gasteiger partial charge in [-0.3, -0.25) is 0 Å². The molecule has 1 aromatic rings. The lowest BCUT2D eigenvalue weighted by Gasteiger charge is -2.21. The number of ether oxygens (including phenoxy) is 1. The van der Waals surface area contributed by atoms with Crippen LogP contribution >= 0.6 is 0 Å². The molecule has 1 aliphatic rings. The Balaban J connectivity index is 2.34. The third kappa shape index (κ3) is 1.39. The maximum atomic E-state index is 11.0. The van der Waals surface area contributed by atoms with E-state index >= 15 is 0 Å². The molecule has 74 valence electrons. The second-order valence-corrected chi connectivity index (χ2v) is 3.66. The standard InChI is InChI=1S/C10H12N2O2/c1-10(6-14-9(13)12-10)7-3-2-4-8(11)5-7/h2-5H,6,11H2,1H3,(H,12,13)/t10-/m1/s1. The van der Waals surface area contributed by atoms with Gasteiger partial charge in [0.05, 0.1) is 5.54 Å². The zero-order valence-corrected chi connectivity index (χ0v) is 7.91. The summed E-state index contributed by atoms with van der Waals surface area (Å²) in [7, 11) is 0. The van der Waals surface area contributed by atoms with Crippen molar-refractivity contribution in [3.05, 3.63) is 29.8 Å². The number of cyclic esters (lactones) is 1. The van der Waals surface area contributed by atoms with Crippen LogP contribution in [0, 0.1) is 0 Å². The zero-order valence-electron chi connectivity index (χ0n) is 7.91. The lowest BCUT2D eigenvalue weighted by Crippen LogP contribution is -2.37. The van der Waals surface area contributed by atoms with Crippen LogP contribution in [-0.2, 0) is 10.3 Å². The number of benzene rings is 1.